The molecule has 5 heteroatoms. The van der Waals surface area contributed by atoms with Crippen molar-refractivity contribution in [3.63, 3.8) is 0 Å². The molecule has 0 spiro atoms. The number of likely N-dealkylation sites (N-methyl/N-ethyl adjacent to an activating group) is 1. The maximum absolute atomic E-state index is 12.6. The Bertz CT molecular complexity index is 807. The molecule has 1 amide bonds. The molecular weight excluding hydrogens is 356 g/mol. The Labute approximate surface area is 164 Å². The number of rotatable bonds is 9. The molecule has 27 heavy (non-hydrogen) atoms. The number of hydrogen-bond acceptors (Lipinski definition) is 4. The van der Waals surface area contributed by atoms with E-state index in [2.05, 4.69) is 11.4 Å². The van der Waals surface area contributed by atoms with Crippen LogP contribution in [0, 0.1) is 0 Å². The molecule has 0 aliphatic rings. The highest BCUT2D eigenvalue weighted by Crippen LogP contribution is 2.25. The minimum Gasteiger partial charge on any atom is -0.492 e. The second-order valence-electron chi connectivity index (χ2n) is 6.33. The summed E-state index contributed by atoms with van der Waals surface area (Å²) >= 11 is 1.65. The van der Waals surface area contributed by atoms with E-state index in [4.69, 9.17) is 4.74 Å². The highest BCUT2D eigenvalue weighted by Gasteiger charge is 2.18. The van der Waals surface area contributed by atoms with Gasteiger partial charge in [-0.3, -0.25) is 9.69 Å². The highest BCUT2D eigenvalue weighted by molar-refractivity contribution is 7.10. The average Bonchev–Trinajstić information content (AvgIpc) is 3.22. The lowest BCUT2D eigenvalue weighted by Crippen LogP contribution is -2.38. The summed E-state index contributed by atoms with van der Waals surface area (Å²) in [6.45, 7) is 1.55. The van der Waals surface area contributed by atoms with Crippen LogP contribution in [0.3, 0.4) is 0 Å². The van der Waals surface area contributed by atoms with E-state index in [1.54, 1.807) is 11.3 Å². The van der Waals surface area contributed by atoms with E-state index in [-0.39, 0.29) is 11.9 Å². The Hall–Kier alpha value is -2.63. The molecule has 4 nitrogen and oxygen atoms in total. The van der Waals surface area contributed by atoms with Crippen molar-refractivity contribution in [1.29, 1.82) is 0 Å². The molecule has 0 saturated heterocycles. The summed E-state index contributed by atoms with van der Waals surface area (Å²) in [5.74, 6) is 0.844. The molecule has 0 aliphatic heterocycles. The van der Waals surface area contributed by atoms with Crippen LogP contribution in [-0.4, -0.2) is 37.6 Å². The maximum Gasteiger partial charge on any atom is 0.234 e. The average molecular weight is 381 g/mol. The molecule has 0 fully saturated rings. The zero-order valence-electron chi connectivity index (χ0n) is 15.4. The Morgan fingerprint density at radius 2 is 1.74 bits per heavy atom. The van der Waals surface area contributed by atoms with E-state index in [0.29, 0.717) is 19.7 Å². The van der Waals surface area contributed by atoms with Crippen LogP contribution in [-0.2, 0) is 4.79 Å². The molecule has 0 bridgehead atoms. The predicted octanol–water partition coefficient (Wildman–Crippen LogP) is 3.96. The molecule has 3 aromatic rings. The normalized spacial score (nSPS) is 11.9. The summed E-state index contributed by atoms with van der Waals surface area (Å²) in [5.41, 5.74) is 1.09. The van der Waals surface area contributed by atoms with Gasteiger partial charge in [-0.15, -0.1) is 11.3 Å². The van der Waals surface area contributed by atoms with Crippen molar-refractivity contribution in [2.24, 2.45) is 0 Å². The third kappa shape index (κ3) is 5.94. The van der Waals surface area contributed by atoms with Gasteiger partial charge < -0.3 is 10.1 Å². The zero-order chi connectivity index (χ0) is 18.9. The third-order valence-corrected chi connectivity index (χ3v) is 5.10. The Morgan fingerprint density at radius 3 is 2.41 bits per heavy atom. The van der Waals surface area contributed by atoms with Gasteiger partial charge in [0.05, 0.1) is 12.6 Å². The van der Waals surface area contributed by atoms with Gasteiger partial charge in [0.2, 0.25) is 5.91 Å². The second-order valence-corrected chi connectivity index (χ2v) is 7.31. The van der Waals surface area contributed by atoms with Gasteiger partial charge in [0.15, 0.2) is 0 Å². The smallest absolute Gasteiger partial charge is 0.234 e. The van der Waals surface area contributed by atoms with Crippen molar-refractivity contribution in [3.05, 3.63) is 88.6 Å². The molecule has 0 aliphatic carbocycles. The van der Waals surface area contributed by atoms with Crippen molar-refractivity contribution in [2.45, 2.75) is 6.04 Å². The van der Waals surface area contributed by atoms with E-state index in [1.165, 1.54) is 0 Å². The first-order valence-corrected chi connectivity index (χ1v) is 9.84. The minimum atomic E-state index is -0.118. The SMILES string of the molecule is CN(CCOc1ccccc1)CC(=O)N[C@@H](c1ccccc1)c1cccs1. The van der Waals surface area contributed by atoms with Crippen LogP contribution >= 0.6 is 11.3 Å². The first-order valence-electron chi connectivity index (χ1n) is 8.96. The van der Waals surface area contributed by atoms with Crippen LogP contribution in [0.4, 0.5) is 0 Å². The molecule has 1 aromatic heterocycles. The van der Waals surface area contributed by atoms with Crippen molar-refractivity contribution in [3.8, 4) is 5.75 Å². The van der Waals surface area contributed by atoms with E-state index in [1.807, 2.05) is 84.1 Å². The van der Waals surface area contributed by atoms with Crippen molar-refractivity contribution in [1.82, 2.24) is 10.2 Å². The molecule has 0 unspecified atom stereocenters. The predicted molar refractivity (Wildman–Crippen MR) is 110 cm³/mol. The summed E-state index contributed by atoms with van der Waals surface area (Å²) in [6, 6.07) is 23.7. The molecular formula is C22H24N2O2S. The number of para-hydroxylation sites is 1. The maximum atomic E-state index is 12.6. The van der Waals surface area contributed by atoms with Crippen LogP contribution < -0.4 is 10.1 Å². The number of amides is 1. The van der Waals surface area contributed by atoms with E-state index >= 15 is 0 Å². The standard InChI is InChI=1S/C22H24N2O2S/c1-24(14-15-26-19-11-6-3-7-12-19)17-21(25)23-22(20-13-8-16-27-20)18-9-4-2-5-10-18/h2-13,16,22H,14-15,17H2,1H3,(H,23,25)/t22-/m0/s1. The van der Waals surface area contributed by atoms with Crippen LogP contribution in [0.5, 0.6) is 5.75 Å². The first-order chi connectivity index (χ1) is 13.2. The molecule has 0 radical (unpaired) electrons. The molecule has 3 rings (SSSR count). The molecule has 1 atom stereocenters. The molecule has 2 aromatic carbocycles. The Morgan fingerprint density at radius 1 is 1.04 bits per heavy atom. The lowest BCUT2D eigenvalue weighted by atomic mass is 10.1. The first kappa shape index (κ1) is 19.1. The van der Waals surface area contributed by atoms with Gasteiger partial charge in [-0.2, -0.15) is 0 Å². The number of nitrogens with zero attached hydrogens (tertiary/aromatic N) is 1. The van der Waals surface area contributed by atoms with E-state index < -0.39 is 0 Å². The van der Waals surface area contributed by atoms with Crippen molar-refractivity contribution < 1.29 is 9.53 Å². The number of thiophene rings is 1. The quantitative estimate of drug-likeness (QED) is 0.611. The minimum absolute atomic E-state index is 0.000496. The monoisotopic (exact) mass is 380 g/mol. The summed E-state index contributed by atoms with van der Waals surface area (Å²) in [5, 5.41) is 5.20. The van der Waals surface area contributed by atoms with Crippen LogP contribution in [0.15, 0.2) is 78.2 Å². The number of carbonyl (C=O) groups excluding carboxylic acids is 1. The number of benzene rings is 2. The molecule has 140 valence electrons. The topological polar surface area (TPSA) is 41.6 Å². The van der Waals surface area contributed by atoms with Crippen molar-refractivity contribution in [2.75, 3.05) is 26.7 Å². The van der Waals surface area contributed by atoms with Gasteiger partial charge in [-0.05, 0) is 36.2 Å². The lowest BCUT2D eigenvalue weighted by Gasteiger charge is -2.21. The van der Waals surface area contributed by atoms with Gasteiger partial charge in [-0.1, -0.05) is 54.6 Å². The van der Waals surface area contributed by atoms with Crippen LogP contribution in [0.1, 0.15) is 16.5 Å². The molecule has 1 heterocycles. The van der Waals surface area contributed by atoms with Crippen LogP contribution in [0.25, 0.3) is 0 Å². The largest absolute Gasteiger partial charge is 0.492 e. The Balaban J connectivity index is 1.51. The Kier molecular flexibility index (Phi) is 7.02. The highest BCUT2D eigenvalue weighted by atomic mass is 32.1. The van der Waals surface area contributed by atoms with Gasteiger partial charge >= 0.3 is 0 Å². The number of ether oxygens (including phenoxy) is 1. The van der Waals surface area contributed by atoms with E-state index in [0.717, 1.165) is 16.2 Å². The summed E-state index contributed by atoms with van der Waals surface area (Å²) in [4.78, 5) is 15.7. The van der Waals surface area contributed by atoms with Crippen LogP contribution in [0.2, 0.25) is 0 Å². The second kappa shape index (κ2) is 9.90. The fraction of sp³-hybridized carbons (Fsp3) is 0.227. The van der Waals surface area contributed by atoms with Gasteiger partial charge in [-0.25, -0.2) is 0 Å². The van der Waals surface area contributed by atoms with Gasteiger partial charge in [0, 0.05) is 11.4 Å². The van der Waals surface area contributed by atoms with Gasteiger partial charge in [0.1, 0.15) is 12.4 Å². The van der Waals surface area contributed by atoms with Gasteiger partial charge in [0.25, 0.3) is 0 Å². The molecule has 0 saturated carbocycles. The summed E-state index contributed by atoms with van der Waals surface area (Å²) in [6.07, 6.45) is 0. The van der Waals surface area contributed by atoms with E-state index in [9.17, 15) is 4.79 Å². The van der Waals surface area contributed by atoms with Crippen molar-refractivity contribution >= 4 is 17.2 Å². The fourth-order valence-electron chi connectivity index (χ4n) is 2.79. The lowest BCUT2D eigenvalue weighted by molar-refractivity contribution is -0.122. The number of hydrogen-bond donors (Lipinski definition) is 1. The summed E-state index contributed by atoms with van der Waals surface area (Å²) < 4.78 is 5.70. The number of nitrogens with one attached hydrogen (secondary N) is 1. The third-order valence-electron chi connectivity index (χ3n) is 4.16. The summed E-state index contributed by atoms with van der Waals surface area (Å²) in [7, 11) is 1.93. The molecule has 1 N–H and O–H groups in total. The number of carbonyl (C=O) groups is 1. The zero-order valence-corrected chi connectivity index (χ0v) is 16.2. The fourth-order valence-corrected chi connectivity index (χ4v) is 3.59.